The molecule has 2 amide bonds. The number of anilines is 1. The van der Waals surface area contributed by atoms with E-state index in [4.69, 9.17) is 33.3 Å². The van der Waals surface area contributed by atoms with Gasteiger partial charge in [0.2, 0.25) is 0 Å². The summed E-state index contributed by atoms with van der Waals surface area (Å²) in [5, 5.41) is 3.06. The van der Waals surface area contributed by atoms with Crippen LogP contribution in [-0.4, -0.2) is 29.6 Å². The normalized spacial score (nSPS) is 15.4. The molecule has 1 fully saturated rings. The predicted molar refractivity (Wildman–Crippen MR) is 133 cm³/mol. The van der Waals surface area contributed by atoms with E-state index >= 15 is 0 Å². The minimum absolute atomic E-state index is 0.00561. The molecule has 168 valence electrons. The quantitative estimate of drug-likeness (QED) is 0.302. The lowest BCUT2D eigenvalue weighted by atomic mass is 10.1. The molecule has 0 bridgehead atoms. The smallest absolute Gasteiger partial charge is 0.270 e. The van der Waals surface area contributed by atoms with Gasteiger partial charge in [-0.1, -0.05) is 17.7 Å². The zero-order valence-electron chi connectivity index (χ0n) is 18.0. The number of rotatable bonds is 6. The summed E-state index contributed by atoms with van der Waals surface area (Å²) in [6, 6.07) is 8.63. The molecule has 2 aromatic rings. The summed E-state index contributed by atoms with van der Waals surface area (Å²) in [6.45, 7) is 7.98. The second-order valence-electron chi connectivity index (χ2n) is 7.32. The number of ether oxygens (including phenoxy) is 2. The molecular weight excluding hydrogens is 516 g/mol. The van der Waals surface area contributed by atoms with Crippen LogP contribution in [0, 0.1) is 6.92 Å². The van der Waals surface area contributed by atoms with Gasteiger partial charge in [-0.25, -0.2) is 0 Å². The third kappa shape index (κ3) is 5.14. The number of aryl methyl sites for hydroxylation is 1. The summed E-state index contributed by atoms with van der Waals surface area (Å²) in [5.74, 6) is -0.0642. The molecule has 1 aliphatic heterocycles. The van der Waals surface area contributed by atoms with Crippen LogP contribution in [0.3, 0.4) is 0 Å². The van der Waals surface area contributed by atoms with Gasteiger partial charge >= 0.3 is 0 Å². The zero-order valence-corrected chi connectivity index (χ0v) is 21.2. The van der Waals surface area contributed by atoms with E-state index in [1.165, 1.54) is 11.0 Å². The monoisotopic (exact) mass is 536 g/mol. The highest BCUT2D eigenvalue weighted by Gasteiger charge is 2.34. The van der Waals surface area contributed by atoms with Crippen LogP contribution in [0.25, 0.3) is 6.08 Å². The minimum Gasteiger partial charge on any atom is -0.490 e. The summed E-state index contributed by atoms with van der Waals surface area (Å²) < 4.78 is 12.2. The maximum absolute atomic E-state index is 13.3. The van der Waals surface area contributed by atoms with Crippen LogP contribution in [-0.2, 0) is 9.59 Å². The van der Waals surface area contributed by atoms with Crippen molar-refractivity contribution >= 4 is 68.4 Å². The van der Waals surface area contributed by atoms with E-state index in [1.807, 2.05) is 27.7 Å². The van der Waals surface area contributed by atoms with Crippen molar-refractivity contribution in [3.63, 3.8) is 0 Å². The highest BCUT2D eigenvalue weighted by Crippen LogP contribution is 2.38. The lowest BCUT2D eigenvalue weighted by Gasteiger charge is -2.29. The van der Waals surface area contributed by atoms with Gasteiger partial charge in [0.1, 0.15) is 5.57 Å². The summed E-state index contributed by atoms with van der Waals surface area (Å²) in [6.07, 6.45) is 1.44. The molecule has 6 nitrogen and oxygen atoms in total. The molecule has 1 heterocycles. The Morgan fingerprint density at radius 2 is 1.97 bits per heavy atom. The molecule has 0 spiro atoms. The Kier molecular flexibility index (Phi) is 7.59. The zero-order chi connectivity index (χ0) is 23.6. The Morgan fingerprint density at radius 3 is 2.59 bits per heavy atom. The van der Waals surface area contributed by atoms with Gasteiger partial charge in [0.15, 0.2) is 16.6 Å². The Labute approximate surface area is 205 Å². The maximum Gasteiger partial charge on any atom is 0.270 e. The van der Waals surface area contributed by atoms with Gasteiger partial charge < -0.3 is 9.47 Å². The molecule has 0 unspecified atom stereocenters. The molecule has 2 aromatic carbocycles. The fraction of sp³-hybridized carbons (Fsp3) is 0.261. The number of nitrogens with zero attached hydrogens (tertiary/aromatic N) is 1. The Hall–Kier alpha value is -2.42. The number of hydrogen-bond donors (Lipinski definition) is 1. The fourth-order valence-electron chi connectivity index (χ4n) is 3.06. The number of amides is 2. The summed E-state index contributed by atoms with van der Waals surface area (Å²) in [4.78, 5) is 27.1. The molecule has 0 aromatic heterocycles. The number of halogens is 2. The average molecular weight is 538 g/mol. The van der Waals surface area contributed by atoms with Crippen LogP contribution in [0.5, 0.6) is 11.5 Å². The molecule has 1 aliphatic rings. The van der Waals surface area contributed by atoms with Gasteiger partial charge in [0, 0.05) is 5.02 Å². The molecule has 1 N–H and O–H groups in total. The predicted octanol–water partition coefficient (Wildman–Crippen LogP) is 5.43. The lowest BCUT2D eigenvalue weighted by Crippen LogP contribution is -2.54. The summed E-state index contributed by atoms with van der Waals surface area (Å²) in [5.41, 5.74) is 1.85. The Bertz CT molecular complexity index is 1130. The van der Waals surface area contributed by atoms with Crippen LogP contribution in [0.2, 0.25) is 5.02 Å². The highest BCUT2D eigenvalue weighted by atomic mass is 79.9. The number of hydrogen-bond acceptors (Lipinski definition) is 5. The SMILES string of the molecule is CCOc1cc(/C=C2\C(=O)NC(=S)N(c3ccc(C)c(Cl)c3)C2=O)cc(Br)c1OC(C)C. The van der Waals surface area contributed by atoms with Crippen LogP contribution in [0.1, 0.15) is 31.9 Å². The molecule has 0 radical (unpaired) electrons. The van der Waals surface area contributed by atoms with Crippen molar-refractivity contribution in [1.29, 1.82) is 0 Å². The van der Waals surface area contributed by atoms with E-state index in [9.17, 15) is 9.59 Å². The average Bonchev–Trinajstić information content (AvgIpc) is 2.70. The first-order chi connectivity index (χ1) is 15.1. The van der Waals surface area contributed by atoms with E-state index in [0.29, 0.717) is 38.9 Å². The number of nitrogens with one attached hydrogen (secondary N) is 1. The number of thiocarbonyl (C=S) groups is 1. The van der Waals surface area contributed by atoms with Crippen molar-refractivity contribution in [3.05, 3.63) is 56.5 Å². The molecule has 0 aliphatic carbocycles. The first-order valence-corrected chi connectivity index (χ1v) is 11.5. The van der Waals surface area contributed by atoms with E-state index in [2.05, 4.69) is 21.2 Å². The third-order valence-electron chi connectivity index (χ3n) is 4.51. The molecular formula is C23H22BrClN2O4S. The fourth-order valence-corrected chi connectivity index (χ4v) is 4.07. The van der Waals surface area contributed by atoms with E-state index in [0.717, 1.165) is 5.56 Å². The van der Waals surface area contributed by atoms with Gasteiger partial charge in [0.25, 0.3) is 11.8 Å². The van der Waals surface area contributed by atoms with E-state index in [1.54, 1.807) is 30.3 Å². The minimum atomic E-state index is -0.578. The lowest BCUT2D eigenvalue weighted by molar-refractivity contribution is -0.122. The van der Waals surface area contributed by atoms with Gasteiger partial charge in [-0.15, -0.1) is 0 Å². The van der Waals surface area contributed by atoms with Crippen LogP contribution >= 0.6 is 39.7 Å². The van der Waals surface area contributed by atoms with Crippen molar-refractivity contribution < 1.29 is 19.1 Å². The number of benzene rings is 2. The second-order valence-corrected chi connectivity index (χ2v) is 8.97. The maximum atomic E-state index is 13.3. The number of carbonyl (C=O) groups excluding carboxylic acids is 2. The second kappa shape index (κ2) is 10.0. The van der Waals surface area contributed by atoms with Crippen molar-refractivity contribution in [1.82, 2.24) is 5.32 Å². The first-order valence-electron chi connectivity index (χ1n) is 9.93. The van der Waals surface area contributed by atoms with Crippen molar-refractivity contribution in [2.45, 2.75) is 33.8 Å². The van der Waals surface area contributed by atoms with E-state index in [-0.39, 0.29) is 16.8 Å². The van der Waals surface area contributed by atoms with Crippen molar-refractivity contribution in [3.8, 4) is 11.5 Å². The Morgan fingerprint density at radius 1 is 1.25 bits per heavy atom. The standard InChI is InChI=1S/C23H22BrClN2O4S/c1-5-30-19-10-14(9-17(24)20(19)31-12(2)3)8-16-21(28)26-23(32)27(22(16)29)15-7-6-13(4)18(25)11-15/h6-12H,5H2,1-4H3,(H,26,28,32)/b16-8+. The molecule has 3 rings (SSSR count). The molecule has 32 heavy (non-hydrogen) atoms. The summed E-state index contributed by atoms with van der Waals surface area (Å²) in [7, 11) is 0. The van der Waals surface area contributed by atoms with Crippen molar-refractivity contribution in [2.24, 2.45) is 0 Å². The van der Waals surface area contributed by atoms with E-state index < -0.39 is 11.8 Å². The number of carbonyl (C=O) groups is 2. The topological polar surface area (TPSA) is 67.9 Å². The largest absolute Gasteiger partial charge is 0.490 e. The first kappa shape index (κ1) is 24.2. The summed E-state index contributed by atoms with van der Waals surface area (Å²) >= 11 is 15.0. The van der Waals surface area contributed by atoms with Gasteiger partial charge in [-0.05, 0) is 97.3 Å². The molecule has 0 saturated carbocycles. The van der Waals surface area contributed by atoms with Crippen molar-refractivity contribution in [2.75, 3.05) is 11.5 Å². The molecule has 9 heteroatoms. The Balaban J connectivity index is 2.04. The molecule has 0 atom stereocenters. The highest BCUT2D eigenvalue weighted by molar-refractivity contribution is 9.10. The van der Waals surface area contributed by atoms with Crippen LogP contribution in [0.15, 0.2) is 40.4 Å². The van der Waals surface area contributed by atoms with Gasteiger partial charge in [-0.3, -0.25) is 19.8 Å². The van der Waals surface area contributed by atoms with Gasteiger partial charge in [0.05, 0.1) is 22.9 Å². The third-order valence-corrected chi connectivity index (χ3v) is 5.79. The van der Waals surface area contributed by atoms with Crippen LogP contribution in [0.4, 0.5) is 5.69 Å². The van der Waals surface area contributed by atoms with Crippen LogP contribution < -0.4 is 19.7 Å². The van der Waals surface area contributed by atoms with Gasteiger partial charge in [-0.2, -0.15) is 0 Å². The molecule has 1 saturated heterocycles.